The van der Waals surface area contributed by atoms with Crippen LogP contribution in [0.4, 0.5) is 0 Å². The van der Waals surface area contributed by atoms with Gasteiger partial charge in [0.05, 0.1) is 11.8 Å². The maximum Gasteiger partial charge on any atom is 0.275 e. The predicted molar refractivity (Wildman–Crippen MR) is 93.8 cm³/mol. The van der Waals surface area contributed by atoms with Crippen molar-refractivity contribution in [2.45, 2.75) is 19.4 Å². The second-order valence-corrected chi connectivity index (χ2v) is 5.97. The van der Waals surface area contributed by atoms with E-state index in [9.17, 15) is 9.90 Å². The van der Waals surface area contributed by atoms with Crippen molar-refractivity contribution in [2.75, 3.05) is 13.2 Å². The third-order valence-corrected chi connectivity index (χ3v) is 4.24. The van der Waals surface area contributed by atoms with Crippen LogP contribution in [0.2, 0.25) is 0 Å². The van der Waals surface area contributed by atoms with Crippen molar-refractivity contribution in [1.29, 1.82) is 0 Å². The molecule has 0 saturated heterocycles. The van der Waals surface area contributed by atoms with Gasteiger partial charge in [-0.15, -0.1) is 0 Å². The zero-order valence-corrected chi connectivity index (χ0v) is 13.5. The highest BCUT2D eigenvalue weighted by Gasteiger charge is 2.10. The van der Waals surface area contributed by atoms with Gasteiger partial charge in [0, 0.05) is 31.5 Å². The lowest BCUT2D eigenvalue weighted by atomic mass is 10.00. The quantitative estimate of drug-likeness (QED) is 0.505. The highest BCUT2D eigenvalue weighted by atomic mass is 16.3. The number of benzene rings is 1. The molecule has 2 heterocycles. The number of aromatic nitrogens is 3. The summed E-state index contributed by atoms with van der Waals surface area (Å²) in [5.74, 6) is 0.201. The Labute approximate surface area is 140 Å². The number of H-pyrrole nitrogens is 2. The summed E-state index contributed by atoms with van der Waals surface area (Å²) in [6.07, 6.45) is 5.10. The summed E-state index contributed by atoms with van der Waals surface area (Å²) in [5.41, 5.74) is 3.27. The highest BCUT2D eigenvalue weighted by Crippen LogP contribution is 2.12. The maximum absolute atomic E-state index is 11.7. The number of aryl methyl sites for hydroxylation is 1. The van der Waals surface area contributed by atoms with Crippen LogP contribution in [0.1, 0.15) is 17.5 Å². The smallest absolute Gasteiger partial charge is 0.275 e. The number of aromatic amines is 2. The number of aliphatic hydroxyl groups is 1. The van der Waals surface area contributed by atoms with Gasteiger partial charge in [-0.25, -0.2) is 4.98 Å². The number of fused-ring (bicyclic) bond motifs is 1. The van der Waals surface area contributed by atoms with Gasteiger partial charge in [-0.05, 0) is 24.3 Å². The van der Waals surface area contributed by atoms with E-state index in [0.717, 1.165) is 24.9 Å². The fraction of sp³-hybridized carbons (Fsp3) is 0.333. The molecule has 0 radical (unpaired) electrons. The van der Waals surface area contributed by atoms with Crippen LogP contribution in [-0.2, 0) is 13.0 Å². The van der Waals surface area contributed by atoms with Crippen molar-refractivity contribution >= 4 is 11.0 Å². The molecule has 0 spiro atoms. The summed E-state index contributed by atoms with van der Waals surface area (Å²) in [6.45, 7) is 1.49. The van der Waals surface area contributed by atoms with Crippen LogP contribution < -0.4 is 10.9 Å². The molecule has 0 bridgehead atoms. The third-order valence-electron chi connectivity index (χ3n) is 4.24. The fourth-order valence-electron chi connectivity index (χ4n) is 2.82. The largest absolute Gasteiger partial charge is 0.396 e. The lowest BCUT2D eigenvalue weighted by Gasteiger charge is -2.15. The molecule has 2 aromatic heterocycles. The molecule has 6 nitrogen and oxygen atoms in total. The molecule has 0 aliphatic heterocycles. The lowest BCUT2D eigenvalue weighted by molar-refractivity contribution is 0.215. The SMILES string of the molecule is O=c1[nH]cnc2c(CNCC(CO)CCc3ccccc3)c[nH]c12. The molecule has 1 atom stereocenters. The predicted octanol–water partition coefficient (Wildman–Crippen LogP) is 1.58. The van der Waals surface area contributed by atoms with Gasteiger partial charge >= 0.3 is 0 Å². The zero-order valence-electron chi connectivity index (χ0n) is 13.5. The first-order valence-electron chi connectivity index (χ1n) is 8.17. The van der Waals surface area contributed by atoms with Gasteiger partial charge in [-0.2, -0.15) is 0 Å². The Morgan fingerprint density at radius 3 is 2.83 bits per heavy atom. The number of rotatable bonds is 8. The van der Waals surface area contributed by atoms with Crippen LogP contribution in [0.5, 0.6) is 0 Å². The number of nitrogens with zero attached hydrogens (tertiary/aromatic N) is 1. The first-order chi connectivity index (χ1) is 11.8. The second-order valence-electron chi connectivity index (χ2n) is 5.97. The molecular weight excluding hydrogens is 304 g/mol. The molecule has 3 rings (SSSR count). The van der Waals surface area contributed by atoms with Gasteiger partial charge in [0.1, 0.15) is 5.52 Å². The molecule has 0 aliphatic rings. The average Bonchev–Trinajstić information content (AvgIpc) is 3.03. The minimum absolute atomic E-state index is 0.158. The number of hydrogen-bond acceptors (Lipinski definition) is 4. The van der Waals surface area contributed by atoms with Crippen molar-refractivity contribution < 1.29 is 5.11 Å². The van der Waals surface area contributed by atoms with Crippen molar-refractivity contribution in [3.63, 3.8) is 0 Å². The summed E-state index contributed by atoms with van der Waals surface area (Å²) >= 11 is 0. The van der Waals surface area contributed by atoms with Crippen LogP contribution in [0.3, 0.4) is 0 Å². The van der Waals surface area contributed by atoms with Gasteiger partial charge in [-0.3, -0.25) is 4.79 Å². The first-order valence-corrected chi connectivity index (χ1v) is 8.17. The van der Waals surface area contributed by atoms with E-state index in [1.807, 2.05) is 18.2 Å². The Balaban J connectivity index is 1.52. The summed E-state index contributed by atoms with van der Waals surface area (Å²) in [5, 5.41) is 12.9. The van der Waals surface area contributed by atoms with E-state index in [4.69, 9.17) is 0 Å². The Morgan fingerprint density at radius 2 is 2.04 bits per heavy atom. The summed E-state index contributed by atoms with van der Waals surface area (Å²) < 4.78 is 0. The van der Waals surface area contributed by atoms with E-state index in [2.05, 4.69) is 32.4 Å². The Kier molecular flexibility index (Phi) is 5.40. The van der Waals surface area contributed by atoms with Gasteiger partial charge in [0.25, 0.3) is 5.56 Å². The zero-order chi connectivity index (χ0) is 16.8. The van der Waals surface area contributed by atoms with E-state index in [1.165, 1.54) is 11.9 Å². The maximum atomic E-state index is 11.7. The van der Waals surface area contributed by atoms with E-state index < -0.39 is 0 Å². The molecule has 6 heteroatoms. The monoisotopic (exact) mass is 326 g/mol. The third kappa shape index (κ3) is 3.90. The molecule has 126 valence electrons. The van der Waals surface area contributed by atoms with Crippen molar-refractivity contribution in [3.05, 3.63) is 64.3 Å². The van der Waals surface area contributed by atoms with Crippen LogP contribution in [0.25, 0.3) is 11.0 Å². The van der Waals surface area contributed by atoms with E-state index in [0.29, 0.717) is 17.6 Å². The molecule has 0 saturated carbocycles. The molecule has 0 amide bonds. The molecule has 0 fully saturated rings. The highest BCUT2D eigenvalue weighted by molar-refractivity contribution is 5.77. The van der Waals surface area contributed by atoms with E-state index >= 15 is 0 Å². The minimum atomic E-state index is -0.164. The summed E-state index contributed by atoms with van der Waals surface area (Å²) in [4.78, 5) is 21.4. The molecule has 24 heavy (non-hydrogen) atoms. The Morgan fingerprint density at radius 1 is 1.21 bits per heavy atom. The van der Waals surface area contributed by atoms with Crippen LogP contribution in [-0.4, -0.2) is 33.2 Å². The van der Waals surface area contributed by atoms with E-state index in [1.54, 1.807) is 6.20 Å². The van der Waals surface area contributed by atoms with Gasteiger partial charge < -0.3 is 20.4 Å². The molecule has 1 unspecified atom stereocenters. The van der Waals surface area contributed by atoms with Crippen LogP contribution >= 0.6 is 0 Å². The Bertz CT molecular complexity index is 826. The molecular formula is C18H22N4O2. The molecule has 1 aromatic carbocycles. The lowest BCUT2D eigenvalue weighted by Crippen LogP contribution is -2.25. The van der Waals surface area contributed by atoms with Gasteiger partial charge in [0.15, 0.2) is 0 Å². The second kappa shape index (κ2) is 7.90. The Hall–Kier alpha value is -2.44. The first kappa shape index (κ1) is 16.4. The minimum Gasteiger partial charge on any atom is -0.396 e. The van der Waals surface area contributed by atoms with Gasteiger partial charge in [-0.1, -0.05) is 30.3 Å². The number of aliphatic hydroxyl groups excluding tert-OH is 1. The fourth-order valence-corrected chi connectivity index (χ4v) is 2.82. The van der Waals surface area contributed by atoms with Crippen LogP contribution in [0.15, 0.2) is 47.7 Å². The van der Waals surface area contributed by atoms with Gasteiger partial charge in [0.2, 0.25) is 0 Å². The van der Waals surface area contributed by atoms with Crippen molar-refractivity contribution in [2.24, 2.45) is 5.92 Å². The summed E-state index contributed by atoms with van der Waals surface area (Å²) in [6, 6.07) is 10.3. The van der Waals surface area contributed by atoms with Crippen LogP contribution in [0, 0.1) is 5.92 Å². The number of nitrogens with one attached hydrogen (secondary N) is 3. The normalized spacial score (nSPS) is 12.5. The van der Waals surface area contributed by atoms with Crippen molar-refractivity contribution in [1.82, 2.24) is 20.3 Å². The molecule has 0 aliphatic carbocycles. The number of hydrogen-bond donors (Lipinski definition) is 4. The molecule has 4 N–H and O–H groups in total. The topological polar surface area (TPSA) is 93.8 Å². The van der Waals surface area contributed by atoms with Crippen molar-refractivity contribution in [3.8, 4) is 0 Å². The standard InChI is InChI=1S/C18H22N4O2/c23-11-14(7-6-13-4-2-1-3-5-13)8-19-9-15-10-20-17-16(15)21-12-22-18(17)24/h1-5,10,12,14,19-20,23H,6-9,11H2,(H,21,22,24). The average molecular weight is 326 g/mol. The summed E-state index contributed by atoms with van der Waals surface area (Å²) in [7, 11) is 0. The molecule has 3 aromatic rings. The van der Waals surface area contributed by atoms with E-state index in [-0.39, 0.29) is 18.1 Å².